The van der Waals surface area contributed by atoms with Crippen molar-refractivity contribution in [2.24, 2.45) is 17.6 Å². The maximum atomic E-state index is 13.9. The number of nitrogens with zero attached hydrogens (tertiary/aromatic N) is 2. The van der Waals surface area contributed by atoms with E-state index in [4.69, 9.17) is 17.3 Å². The van der Waals surface area contributed by atoms with Crippen molar-refractivity contribution in [1.82, 2.24) is 9.80 Å². The van der Waals surface area contributed by atoms with Gasteiger partial charge in [0.1, 0.15) is 22.8 Å². The Labute approximate surface area is 244 Å². The SMILES string of the molecule is CN(C)[C@@H]1C(O)=C(C(N)=O)C(=O)[C@@]2(O)C(O)=C3C(=O)c4c(O)cc(CN(C)C5(C)CCCCC5)c(Cl)c4C[C@H]3C[C@@H]12. The predicted octanol–water partition coefficient (Wildman–Crippen LogP) is 2.93. The van der Waals surface area contributed by atoms with Crippen LogP contribution in [0, 0.1) is 11.8 Å². The molecule has 0 saturated heterocycles. The third kappa shape index (κ3) is 4.29. The van der Waals surface area contributed by atoms with E-state index in [1.807, 2.05) is 7.05 Å². The number of aromatic hydroxyl groups is 1. The molecule has 41 heavy (non-hydrogen) atoms. The minimum Gasteiger partial charge on any atom is -0.510 e. The van der Waals surface area contributed by atoms with E-state index < -0.39 is 58.0 Å². The average molecular weight is 588 g/mol. The lowest BCUT2D eigenvalue weighted by molar-refractivity contribution is -0.148. The molecule has 1 aromatic carbocycles. The summed E-state index contributed by atoms with van der Waals surface area (Å²) in [5, 5.41) is 45.5. The number of ketones is 2. The summed E-state index contributed by atoms with van der Waals surface area (Å²) >= 11 is 6.93. The molecule has 1 amide bonds. The van der Waals surface area contributed by atoms with E-state index in [1.54, 1.807) is 14.1 Å². The van der Waals surface area contributed by atoms with Gasteiger partial charge in [0.05, 0.1) is 11.6 Å². The molecule has 6 N–H and O–H groups in total. The Balaban J connectivity index is 1.59. The summed E-state index contributed by atoms with van der Waals surface area (Å²) in [4.78, 5) is 43.1. The van der Waals surface area contributed by atoms with Crippen molar-refractivity contribution in [3.8, 4) is 5.75 Å². The summed E-state index contributed by atoms with van der Waals surface area (Å²) in [7, 11) is 5.22. The Morgan fingerprint density at radius 1 is 1.12 bits per heavy atom. The van der Waals surface area contributed by atoms with Crippen LogP contribution < -0.4 is 5.73 Å². The molecule has 1 aromatic rings. The van der Waals surface area contributed by atoms with Gasteiger partial charge in [0.15, 0.2) is 11.4 Å². The molecular weight excluding hydrogens is 550 g/mol. The minimum atomic E-state index is -2.66. The second kappa shape index (κ2) is 10.1. The van der Waals surface area contributed by atoms with Gasteiger partial charge in [0, 0.05) is 28.6 Å². The van der Waals surface area contributed by atoms with E-state index in [0.29, 0.717) is 22.7 Å². The van der Waals surface area contributed by atoms with E-state index in [1.165, 1.54) is 17.4 Å². The predicted molar refractivity (Wildman–Crippen MR) is 152 cm³/mol. The lowest BCUT2D eigenvalue weighted by Gasteiger charge is -2.50. The van der Waals surface area contributed by atoms with Gasteiger partial charge in [-0.1, -0.05) is 30.9 Å². The molecule has 11 heteroatoms. The second-order valence-corrected chi connectivity index (χ2v) is 13.0. The van der Waals surface area contributed by atoms with E-state index in [0.717, 1.165) is 25.7 Å². The maximum Gasteiger partial charge on any atom is 0.255 e. The number of likely N-dealkylation sites (N-methyl/N-ethyl adjacent to an activating group) is 1. The number of hydrogen-bond donors (Lipinski definition) is 5. The number of aliphatic hydroxyl groups excluding tert-OH is 2. The average Bonchev–Trinajstić information content (AvgIpc) is 2.89. The summed E-state index contributed by atoms with van der Waals surface area (Å²) in [6, 6.07) is 0.431. The number of carbonyl (C=O) groups is 3. The minimum absolute atomic E-state index is 0.00750. The Morgan fingerprint density at radius 2 is 1.76 bits per heavy atom. The first kappa shape index (κ1) is 29.6. The highest BCUT2D eigenvalue weighted by Crippen LogP contribution is 2.53. The first-order valence-corrected chi connectivity index (χ1v) is 14.4. The summed E-state index contributed by atoms with van der Waals surface area (Å²) < 4.78 is 0. The molecule has 0 aliphatic heterocycles. The van der Waals surface area contributed by atoms with Gasteiger partial charge in [0.25, 0.3) is 5.91 Å². The van der Waals surface area contributed by atoms with Crippen molar-refractivity contribution in [2.45, 2.75) is 75.6 Å². The number of phenols is 1. The molecule has 0 heterocycles. The first-order chi connectivity index (χ1) is 19.1. The van der Waals surface area contributed by atoms with Crippen LogP contribution in [-0.4, -0.2) is 86.0 Å². The molecule has 10 nitrogen and oxygen atoms in total. The number of hydrogen-bond acceptors (Lipinski definition) is 9. The van der Waals surface area contributed by atoms with Gasteiger partial charge in [-0.25, -0.2) is 0 Å². The number of nitrogens with two attached hydrogens (primary N) is 1. The zero-order valence-corrected chi connectivity index (χ0v) is 24.6. The van der Waals surface area contributed by atoms with Gasteiger partial charge < -0.3 is 26.2 Å². The highest BCUT2D eigenvalue weighted by atomic mass is 35.5. The second-order valence-electron chi connectivity index (χ2n) is 12.6. The van der Waals surface area contributed by atoms with Crippen LogP contribution in [0.1, 0.15) is 66.9 Å². The number of amides is 1. The lowest BCUT2D eigenvalue weighted by atomic mass is 9.58. The van der Waals surface area contributed by atoms with Gasteiger partial charge in [-0.15, -0.1) is 0 Å². The molecule has 0 spiro atoms. The summed E-state index contributed by atoms with van der Waals surface area (Å²) in [5.41, 5.74) is 2.73. The zero-order valence-electron chi connectivity index (χ0n) is 23.8. The number of phenolic OH excluding ortho intramolecular Hbond substituents is 1. The monoisotopic (exact) mass is 587 g/mol. The third-order valence-corrected chi connectivity index (χ3v) is 10.5. The number of carbonyl (C=O) groups excluding carboxylic acids is 3. The largest absolute Gasteiger partial charge is 0.510 e. The molecule has 4 aliphatic rings. The Morgan fingerprint density at radius 3 is 2.34 bits per heavy atom. The van der Waals surface area contributed by atoms with Crippen molar-refractivity contribution >= 4 is 29.1 Å². The molecule has 0 radical (unpaired) electrons. The van der Waals surface area contributed by atoms with Gasteiger partial charge in [-0.3, -0.25) is 24.2 Å². The standard InChI is InChI=1S/C30H38ClN3O7/c1-29(8-6-5-7-9-29)34(4)13-15-12-18(35)20-16(22(15)31)10-14-11-17-23(33(2)3)25(37)21(28(32)40)27(39)30(17,41)26(38)19(14)24(20)36/h12,14,17,23,35,37-38,41H,5-11,13H2,1-4H3,(H2,32,40)/t14-,17-,23-,30-/m0/s1. The number of rotatable bonds is 5. The van der Waals surface area contributed by atoms with Crippen LogP contribution >= 0.6 is 11.6 Å². The van der Waals surface area contributed by atoms with E-state index in [-0.39, 0.29) is 35.3 Å². The van der Waals surface area contributed by atoms with Crippen LogP contribution in [0.2, 0.25) is 5.02 Å². The topological polar surface area (TPSA) is 165 Å². The van der Waals surface area contributed by atoms with Crippen LogP contribution in [-0.2, 0) is 22.6 Å². The first-order valence-electron chi connectivity index (χ1n) is 14.0. The van der Waals surface area contributed by atoms with Crippen LogP contribution in [0.15, 0.2) is 28.7 Å². The third-order valence-electron chi connectivity index (χ3n) is 9.99. The zero-order chi connectivity index (χ0) is 30.2. The number of primary amides is 1. The Kier molecular flexibility index (Phi) is 7.29. The normalized spacial score (nSPS) is 29.5. The molecule has 1 saturated carbocycles. The van der Waals surface area contributed by atoms with Crippen LogP contribution in [0.5, 0.6) is 5.75 Å². The number of Topliss-reactive ketones (excluding diaryl/α,β-unsaturated/α-hetero) is 2. The smallest absolute Gasteiger partial charge is 0.255 e. The molecule has 0 bridgehead atoms. The fourth-order valence-electron chi connectivity index (χ4n) is 7.61. The van der Waals surface area contributed by atoms with Crippen molar-refractivity contribution in [2.75, 3.05) is 21.1 Å². The highest BCUT2D eigenvalue weighted by Gasteiger charge is 2.63. The number of aliphatic hydroxyl groups is 3. The number of fused-ring (bicyclic) bond motifs is 3. The van der Waals surface area contributed by atoms with Crippen molar-refractivity contribution < 1.29 is 34.8 Å². The van der Waals surface area contributed by atoms with Crippen LogP contribution in [0.25, 0.3) is 0 Å². The Bertz CT molecular complexity index is 1410. The van der Waals surface area contributed by atoms with Gasteiger partial charge in [-0.2, -0.15) is 0 Å². The quantitative estimate of drug-likeness (QED) is 0.326. The summed E-state index contributed by atoms with van der Waals surface area (Å²) in [6.07, 6.45) is 5.80. The van der Waals surface area contributed by atoms with E-state index in [9.17, 15) is 34.8 Å². The van der Waals surface area contributed by atoms with E-state index in [2.05, 4.69) is 11.8 Å². The molecule has 0 unspecified atom stereocenters. The van der Waals surface area contributed by atoms with Crippen molar-refractivity contribution in [3.63, 3.8) is 0 Å². The number of benzene rings is 1. The number of halogens is 1. The van der Waals surface area contributed by atoms with Gasteiger partial charge >= 0.3 is 0 Å². The maximum absolute atomic E-state index is 13.9. The molecule has 5 rings (SSSR count). The van der Waals surface area contributed by atoms with Crippen molar-refractivity contribution in [1.29, 1.82) is 0 Å². The van der Waals surface area contributed by atoms with Gasteiger partial charge in [-0.05, 0) is 76.9 Å². The molecular formula is C30H38ClN3O7. The molecule has 1 fully saturated rings. The van der Waals surface area contributed by atoms with Gasteiger partial charge in [0.2, 0.25) is 5.78 Å². The highest BCUT2D eigenvalue weighted by molar-refractivity contribution is 6.33. The molecule has 222 valence electrons. The summed E-state index contributed by atoms with van der Waals surface area (Å²) in [5.74, 6) is -6.78. The fourth-order valence-corrected chi connectivity index (χ4v) is 7.90. The summed E-state index contributed by atoms with van der Waals surface area (Å²) in [6.45, 7) is 2.70. The molecule has 4 atom stereocenters. The lowest BCUT2D eigenvalue weighted by Crippen LogP contribution is -2.63. The fraction of sp³-hybridized carbons (Fsp3) is 0.567. The molecule has 0 aromatic heterocycles. The van der Waals surface area contributed by atoms with Crippen LogP contribution in [0.4, 0.5) is 0 Å². The number of allylic oxidation sites excluding steroid dienone is 1. The van der Waals surface area contributed by atoms with E-state index >= 15 is 0 Å². The molecule has 4 aliphatic carbocycles. The van der Waals surface area contributed by atoms with Crippen molar-refractivity contribution in [3.05, 3.63) is 50.4 Å². The Hall–Kier alpha value is -2.92. The van der Waals surface area contributed by atoms with Crippen LogP contribution in [0.3, 0.4) is 0 Å².